The summed E-state index contributed by atoms with van der Waals surface area (Å²) in [5.74, 6) is 0.612. The average molecular weight is 185 g/mol. The van der Waals surface area contributed by atoms with Gasteiger partial charge >= 0.3 is 0 Å². The number of hydrogen-bond acceptors (Lipinski definition) is 6. The Morgan fingerprint density at radius 2 is 2.42 bits per heavy atom. The summed E-state index contributed by atoms with van der Waals surface area (Å²) in [5, 5.41) is 2.73. The lowest BCUT2D eigenvalue weighted by molar-refractivity contribution is 0.679. The second-order valence-corrected chi connectivity index (χ2v) is 3.85. The van der Waals surface area contributed by atoms with Crippen LogP contribution < -0.4 is 16.8 Å². The van der Waals surface area contributed by atoms with Crippen molar-refractivity contribution in [3.05, 3.63) is 6.20 Å². The second-order valence-electron chi connectivity index (χ2n) is 2.30. The number of nitrogens with two attached hydrogens (primary N) is 2. The van der Waals surface area contributed by atoms with Gasteiger partial charge in [-0.15, -0.1) is 0 Å². The molecule has 0 fully saturated rings. The Morgan fingerprint density at radius 3 is 3.17 bits per heavy atom. The Kier molecular flexibility index (Phi) is 1.48. The summed E-state index contributed by atoms with van der Waals surface area (Å²) in [4.78, 5) is 8.06. The van der Waals surface area contributed by atoms with Gasteiger partial charge in [-0.2, -0.15) is 4.98 Å². The van der Waals surface area contributed by atoms with E-state index in [9.17, 15) is 4.21 Å². The van der Waals surface area contributed by atoms with E-state index in [0.717, 1.165) is 0 Å². The fraction of sp³-hybridized carbons (Fsp3) is 0.200. The first-order valence-corrected chi connectivity index (χ1v) is 4.45. The molecule has 2 heterocycles. The fourth-order valence-corrected chi connectivity index (χ4v) is 1.90. The molecule has 0 aromatic carbocycles. The molecule has 1 aliphatic rings. The fourth-order valence-electron chi connectivity index (χ4n) is 0.960. The lowest BCUT2D eigenvalue weighted by atomic mass is 10.6. The lowest BCUT2D eigenvalue weighted by Crippen LogP contribution is -2.28. The van der Waals surface area contributed by atoms with Gasteiger partial charge in [0.15, 0.2) is 5.50 Å². The van der Waals surface area contributed by atoms with E-state index in [-0.39, 0.29) is 5.95 Å². The Bertz CT molecular complexity index is 354. The third-order valence-corrected chi connectivity index (χ3v) is 2.81. The Balaban J connectivity index is 2.54. The van der Waals surface area contributed by atoms with Gasteiger partial charge in [-0.25, -0.2) is 4.98 Å². The summed E-state index contributed by atoms with van der Waals surface area (Å²) in [6.45, 7) is 0. The summed E-state index contributed by atoms with van der Waals surface area (Å²) in [6, 6.07) is 0. The topological polar surface area (TPSA) is 107 Å². The van der Waals surface area contributed by atoms with Crippen molar-refractivity contribution in [3.63, 3.8) is 0 Å². The van der Waals surface area contributed by atoms with Crippen LogP contribution >= 0.6 is 0 Å². The van der Waals surface area contributed by atoms with E-state index in [0.29, 0.717) is 10.7 Å². The molecule has 0 bridgehead atoms. The van der Waals surface area contributed by atoms with E-state index in [1.807, 2.05) is 0 Å². The maximum absolute atomic E-state index is 11.3. The van der Waals surface area contributed by atoms with Crippen molar-refractivity contribution in [2.24, 2.45) is 5.73 Å². The zero-order valence-corrected chi connectivity index (χ0v) is 6.84. The van der Waals surface area contributed by atoms with Crippen LogP contribution in [0.2, 0.25) is 0 Å². The molecule has 0 unspecified atom stereocenters. The molecule has 1 aliphatic heterocycles. The van der Waals surface area contributed by atoms with E-state index >= 15 is 0 Å². The van der Waals surface area contributed by atoms with Gasteiger partial charge in [0.25, 0.3) is 0 Å². The van der Waals surface area contributed by atoms with Crippen LogP contribution in [0.1, 0.15) is 0 Å². The summed E-state index contributed by atoms with van der Waals surface area (Å²) in [7, 11) is -1.26. The minimum Gasteiger partial charge on any atom is -0.368 e. The Morgan fingerprint density at radius 1 is 1.67 bits per heavy atom. The highest BCUT2D eigenvalue weighted by Crippen LogP contribution is 2.25. The molecule has 0 saturated carbocycles. The molecule has 12 heavy (non-hydrogen) atoms. The van der Waals surface area contributed by atoms with Crippen molar-refractivity contribution in [1.29, 1.82) is 0 Å². The maximum Gasteiger partial charge on any atom is 0.222 e. The van der Waals surface area contributed by atoms with Gasteiger partial charge in [0, 0.05) is 0 Å². The first kappa shape index (κ1) is 7.44. The number of nitrogens with zero attached hydrogens (tertiary/aromatic N) is 2. The van der Waals surface area contributed by atoms with Crippen LogP contribution in [0, 0.1) is 0 Å². The maximum atomic E-state index is 11.3. The summed E-state index contributed by atoms with van der Waals surface area (Å²) < 4.78 is 11.3. The molecule has 1 aromatic heterocycles. The number of anilines is 2. The molecule has 6 nitrogen and oxygen atoms in total. The van der Waals surface area contributed by atoms with Crippen molar-refractivity contribution in [3.8, 4) is 0 Å². The molecule has 0 aliphatic carbocycles. The molecule has 2 atom stereocenters. The van der Waals surface area contributed by atoms with Crippen LogP contribution in [-0.4, -0.2) is 19.7 Å². The smallest absolute Gasteiger partial charge is 0.222 e. The molecule has 64 valence electrons. The monoisotopic (exact) mass is 185 g/mol. The number of rotatable bonds is 0. The first-order chi connectivity index (χ1) is 5.68. The van der Waals surface area contributed by atoms with Crippen LogP contribution in [0.25, 0.3) is 0 Å². The van der Waals surface area contributed by atoms with Crippen molar-refractivity contribution in [2.75, 3.05) is 11.1 Å². The van der Waals surface area contributed by atoms with Crippen molar-refractivity contribution in [2.45, 2.75) is 10.4 Å². The van der Waals surface area contributed by atoms with Crippen molar-refractivity contribution in [1.82, 2.24) is 9.97 Å². The van der Waals surface area contributed by atoms with Gasteiger partial charge in [-0.05, 0) is 0 Å². The van der Waals surface area contributed by atoms with Gasteiger partial charge in [0.05, 0.1) is 17.0 Å². The van der Waals surface area contributed by atoms with Crippen LogP contribution in [0.3, 0.4) is 0 Å². The molecule has 0 amide bonds. The summed E-state index contributed by atoms with van der Waals surface area (Å²) in [5.41, 5.74) is 10.2. The average Bonchev–Trinajstić information content (AvgIpc) is 2.28. The molecule has 5 N–H and O–H groups in total. The quantitative estimate of drug-likeness (QED) is 0.470. The summed E-state index contributed by atoms with van der Waals surface area (Å²) in [6.07, 6.45) is 1.42. The number of fused-ring (bicyclic) bond motifs is 1. The highest BCUT2D eigenvalue weighted by Gasteiger charge is 2.27. The predicted molar refractivity (Wildman–Crippen MR) is 44.5 cm³/mol. The number of hydrogen-bond donors (Lipinski definition) is 3. The minimum atomic E-state index is -1.26. The highest BCUT2D eigenvalue weighted by molar-refractivity contribution is 7.86. The van der Waals surface area contributed by atoms with Crippen molar-refractivity contribution >= 4 is 22.6 Å². The third-order valence-electron chi connectivity index (χ3n) is 1.50. The van der Waals surface area contributed by atoms with E-state index in [1.165, 1.54) is 6.20 Å². The van der Waals surface area contributed by atoms with E-state index in [2.05, 4.69) is 15.3 Å². The van der Waals surface area contributed by atoms with Gasteiger partial charge < -0.3 is 16.8 Å². The van der Waals surface area contributed by atoms with E-state index in [1.54, 1.807) is 0 Å². The third kappa shape index (κ3) is 0.942. The highest BCUT2D eigenvalue weighted by atomic mass is 32.2. The molecule has 0 spiro atoms. The number of aromatic nitrogens is 2. The SMILES string of the molecule is Nc1ncc2c(n1)N[C@H](N)[S@]2=O. The van der Waals surface area contributed by atoms with Gasteiger partial charge in [-0.3, -0.25) is 4.21 Å². The Hall–Kier alpha value is -1.21. The van der Waals surface area contributed by atoms with E-state index in [4.69, 9.17) is 11.5 Å². The largest absolute Gasteiger partial charge is 0.368 e. The first-order valence-electron chi connectivity index (χ1n) is 3.23. The van der Waals surface area contributed by atoms with Crippen LogP contribution in [-0.2, 0) is 10.8 Å². The minimum absolute atomic E-state index is 0.146. The zero-order valence-electron chi connectivity index (χ0n) is 6.02. The van der Waals surface area contributed by atoms with Gasteiger partial charge in [0.1, 0.15) is 10.7 Å². The summed E-state index contributed by atoms with van der Waals surface area (Å²) >= 11 is 0. The zero-order chi connectivity index (χ0) is 8.72. The predicted octanol–water partition coefficient (Wildman–Crippen LogP) is -1.17. The second kappa shape index (κ2) is 2.39. The number of nitrogens with one attached hydrogen (secondary N) is 1. The molecule has 1 aromatic rings. The van der Waals surface area contributed by atoms with E-state index < -0.39 is 16.3 Å². The molecular formula is C5H7N5OS. The van der Waals surface area contributed by atoms with Crippen LogP contribution in [0.5, 0.6) is 0 Å². The van der Waals surface area contributed by atoms with Gasteiger partial charge in [0.2, 0.25) is 5.95 Å². The molecular weight excluding hydrogens is 178 g/mol. The standard InChI is InChI=1S/C5H7N5OS/c6-4-8-1-2-3(9-4)10-5(7)12(2)11/h1,5H,7H2,(H3,6,8,9,10)/t5-,12-/m0/s1. The number of nitrogen functional groups attached to an aromatic ring is 1. The molecule has 7 heteroatoms. The normalized spacial score (nSPS) is 26.4. The molecule has 2 rings (SSSR count). The molecule has 0 radical (unpaired) electrons. The molecule has 0 saturated heterocycles. The van der Waals surface area contributed by atoms with Crippen LogP contribution in [0.15, 0.2) is 11.1 Å². The lowest BCUT2D eigenvalue weighted by Gasteiger charge is -1.98. The Labute approximate surface area is 70.8 Å². The van der Waals surface area contributed by atoms with Crippen molar-refractivity contribution < 1.29 is 4.21 Å². The van der Waals surface area contributed by atoms with Gasteiger partial charge in [-0.1, -0.05) is 0 Å². The van der Waals surface area contributed by atoms with Crippen LogP contribution in [0.4, 0.5) is 11.8 Å².